The van der Waals surface area contributed by atoms with Gasteiger partial charge in [-0.05, 0) is 73.9 Å². The first-order chi connectivity index (χ1) is 14.6. The highest BCUT2D eigenvalue weighted by atomic mass is 35.5. The Morgan fingerprint density at radius 1 is 0.900 bits per heavy atom. The zero-order valence-electron chi connectivity index (χ0n) is 17.7. The largest absolute Gasteiger partial charge is 0.497 e. The Morgan fingerprint density at radius 2 is 1.47 bits per heavy atom. The van der Waals surface area contributed by atoms with Gasteiger partial charge in [0.1, 0.15) is 5.75 Å². The van der Waals surface area contributed by atoms with Gasteiger partial charge in [0.25, 0.3) is 0 Å². The van der Waals surface area contributed by atoms with Crippen LogP contribution in [0.15, 0.2) is 42.0 Å². The number of hydrogen-bond donors (Lipinski definition) is 0. The molecule has 0 radical (unpaired) electrons. The standard InChI is InChI=1S/C24H31ClN2O3/c1-30-21-11-8-19(9-12-21)24(25)20(18-23(29)27-16-6-3-7-17-27)10-13-22(28)26-14-4-2-5-15-26/h8-13H,2-7,14-18H2,1H3/b13-10+,24-20+. The Kier molecular flexibility index (Phi) is 8.38. The molecule has 0 bridgehead atoms. The summed E-state index contributed by atoms with van der Waals surface area (Å²) in [4.78, 5) is 29.2. The fraction of sp³-hybridized carbons (Fsp3) is 0.500. The van der Waals surface area contributed by atoms with Gasteiger partial charge in [-0.1, -0.05) is 17.7 Å². The number of rotatable bonds is 6. The van der Waals surface area contributed by atoms with Crippen molar-refractivity contribution < 1.29 is 14.3 Å². The van der Waals surface area contributed by atoms with Crippen molar-refractivity contribution in [2.24, 2.45) is 0 Å². The quantitative estimate of drug-likeness (QED) is 0.489. The Balaban J connectivity index is 1.81. The molecule has 0 aliphatic carbocycles. The van der Waals surface area contributed by atoms with Crippen molar-refractivity contribution >= 4 is 28.4 Å². The van der Waals surface area contributed by atoms with Crippen LogP contribution >= 0.6 is 11.6 Å². The minimum atomic E-state index is -0.0168. The van der Waals surface area contributed by atoms with Gasteiger partial charge in [-0.25, -0.2) is 0 Å². The number of carbonyl (C=O) groups excluding carboxylic acids is 2. The van der Waals surface area contributed by atoms with E-state index < -0.39 is 0 Å². The topological polar surface area (TPSA) is 49.9 Å². The number of allylic oxidation sites excluding steroid dienone is 1. The minimum Gasteiger partial charge on any atom is -0.497 e. The fourth-order valence-corrected chi connectivity index (χ4v) is 4.20. The maximum absolute atomic E-state index is 12.9. The van der Waals surface area contributed by atoms with E-state index in [0.717, 1.165) is 63.2 Å². The molecule has 2 saturated heterocycles. The van der Waals surface area contributed by atoms with E-state index in [1.807, 2.05) is 34.1 Å². The third-order valence-electron chi connectivity index (χ3n) is 5.77. The lowest BCUT2D eigenvalue weighted by Gasteiger charge is -2.27. The van der Waals surface area contributed by atoms with Gasteiger partial charge in [-0.15, -0.1) is 0 Å². The van der Waals surface area contributed by atoms with Crippen LogP contribution in [0.5, 0.6) is 5.75 Å². The third-order valence-corrected chi connectivity index (χ3v) is 6.23. The summed E-state index contributed by atoms with van der Waals surface area (Å²) in [5, 5.41) is 0.491. The predicted octanol–water partition coefficient (Wildman–Crippen LogP) is 4.62. The SMILES string of the molecule is COc1ccc(/C(Cl)=C(/C=C/C(=O)N2CCCCC2)CC(=O)N2CCCCC2)cc1. The Hall–Kier alpha value is -2.27. The molecule has 0 spiro atoms. The molecular formula is C24H31ClN2O3. The van der Waals surface area contributed by atoms with Gasteiger partial charge in [0, 0.05) is 32.3 Å². The Bertz CT molecular complexity index is 789. The minimum absolute atomic E-state index is 0.0168. The summed E-state index contributed by atoms with van der Waals surface area (Å²) in [6.07, 6.45) is 10.00. The van der Waals surface area contributed by atoms with Crippen molar-refractivity contribution in [3.8, 4) is 5.75 Å². The van der Waals surface area contributed by atoms with Gasteiger partial charge in [-0.2, -0.15) is 0 Å². The Labute approximate surface area is 184 Å². The van der Waals surface area contributed by atoms with Crippen molar-refractivity contribution in [3.63, 3.8) is 0 Å². The molecule has 0 saturated carbocycles. The molecule has 2 heterocycles. The van der Waals surface area contributed by atoms with E-state index in [1.54, 1.807) is 19.3 Å². The van der Waals surface area contributed by atoms with Gasteiger partial charge in [0.15, 0.2) is 0 Å². The van der Waals surface area contributed by atoms with Crippen LogP contribution < -0.4 is 4.74 Å². The fourth-order valence-electron chi connectivity index (χ4n) is 3.94. The number of benzene rings is 1. The summed E-state index contributed by atoms with van der Waals surface area (Å²) in [5.74, 6) is 0.785. The zero-order chi connectivity index (χ0) is 21.3. The van der Waals surface area contributed by atoms with Crippen LogP contribution in [0.3, 0.4) is 0 Å². The molecule has 162 valence electrons. The van der Waals surface area contributed by atoms with Gasteiger partial charge >= 0.3 is 0 Å². The number of amides is 2. The van der Waals surface area contributed by atoms with E-state index >= 15 is 0 Å². The maximum Gasteiger partial charge on any atom is 0.246 e. The van der Waals surface area contributed by atoms with E-state index in [0.29, 0.717) is 10.6 Å². The summed E-state index contributed by atoms with van der Waals surface area (Å²) in [6.45, 7) is 3.17. The molecule has 2 aliphatic heterocycles. The molecule has 1 aromatic rings. The highest BCUT2D eigenvalue weighted by molar-refractivity contribution is 6.49. The lowest BCUT2D eigenvalue weighted by atomic mass is 10.0. The molecule has 2 fully saturated rings. The Morgan fingerprint density at radius 3 is 2.03 bits per heavy atom. The van der Waals surface area contributed by atoms with Crippen LogP contribution in [0.2, 0.25) is 0 Å². The van der Waals surface area contributed by atoms with Crippen molar-refractivity contribution in [1.29, 1.82) is 0 Å². The molecule has 1 aromatic carbocycles. The van der Waals surface area contributed by atoms with Crippen LogP contribution in [0.25, 0.3) is 5.03 Å². The molecule has 2 aliphatic rings. The number of ether oxygens (including phenoxy) is 1. The van der Waals surface area contributed by atoms with E-state index in [1.165, 1.54) is 12.8 Å². The molecule has 3 rings (SSSR count). The van der Waals surface area contributed by atoms with E-state index in [-0.39, 0.29) is 18.2 Å². The highest BCUT2D eigenvalue weighted by Crippen LogP contribution is 2.28. The van der Waals surface area contributed by atoms with Gasteiger partial charge < -0.3 is 14.5 Å². The predicted molar refractivity (Wildman–Crippen MR) is 120 cm³/mol. The smallest absolute Gasteiger partial charge is 0.246 e. The summed E-state index contributed by atoms with van der Waals surface area (Å²) in [6, 6.07) is 7.41. The van der Waals surface area contributed by atoms with Crippen LogP contribution in [0, 0.1) is 0 Å². The van der Waals surface area contributed by atoms with Crippen molar-refractivity contribution in [1.82, 2.24) is 9.80 Å². The maximum atomic E-state index is 12.9. The molecule has 5 nitrogen and oxygen atoms in total. The molecule has 0 atom stereocenters. The number of hydrogen-bond acceptors (Lipinski definition) is 3. The van der Waals surface area contributed by atoms with E-state index in [9.17, 15) is 9.59 Å². The molecule has 0 unspecified atom stereocenters. The van der Waals surface area contributed by atoms with Crippen LogP contribution in [0.4, 0.5) is 0 Å². The summed E-state index contributed by atoms with van der Waals surface area (Å²) in [7, 11) is 1.62. The lowest BCUT2D eigenvalue weighted by Crippen LogP contribution is -2.35. The zero-order valence-corrected chi connectivity index (χ0v) is 18.5. The number of carbonyl (C=O) groups is 2. The van der Waals surface area contributed by atoms with E-state index in [4.69, 9.17) is 16.3 Å². The number of piperidine rings is 2. The first kappa shape index (κ1) is 22.4. The van der Waals surface area contributed by atoms with Gasteiger partial charge in [-0.3, -0.25) is 9.59 Å². The molecule has 0 N–H and O–H groups in total. The molecule has 6 heteroatoms. The number of likely N-dealkylation sites (tertiary alicyclic amines) is 2. The molecular weight excluding hydrogens is 400 g/mol. The average molecular weight is 431 g/mol. The van der Waals surface area contributed by atoms with Crippen molar-refractivity contribution in [3.05, 3.63) is 47.6 Å². The summed E-state index contributed by atoms with van der Waals surface area (Å²) < 4.78 is 5.22. The summed E-state index contributed by atoms with van der Waals surface area (Å²) in [5.41, 5.74) is 1.47. The second kappa shape index (κ2) is 11.2. The van der Waals surface area contributed by atoms with Crippen molar-refractivity contribution in [2.75, 3.05) is 33.3 Å². The monoisotopic (exact) mass is 430 g/mol. The summed E-state index contributed by atoms with van der Waals surface area (Å²) >= 11 is 6.71. The molecule has 0 aromatic heterocycles. The highest BCUT2D eigenvalue weighted by Gasteiger charge is 2.20. The third kappa shape index (κ3) is 6.11. The first-order valence-corrected chi connectivity index (χ1v) is 11.2. The lowest BCUT2D eigenvalue weighted by molar-refractivity contribution is -0.131. The van der Waals surface area contributed by atoms with Gasteiger partial charge in [0.05, 0.1) is 18.6 Å². The van der Waals surface area contributed by atoms with Gasteiger partial charge in [0.2, 0.25) is 11.8 Å². The van der Waals surface area contributed by atoms with Crippen LogP contribution in [0.1, 0.15) is 50.5 Å². The number of nitrogens with zero attached hydrogens (tertiary/aromatic N) is 2. The van der Waals surface area contributed by atoms with E-state index in [2.05, 4.69) is 0 Å². The van der Waals surface area contributed by atoms with Crippen LogP contribution in [-0.4, -0.2) is 54.9 Å². The average Bonchev–Trinajstić information content (AvgIpc) is 2.82. The molecule has 2 amide bonds. The number of methoxy groups -OCH3 is 1. The number of halogens is 1. The normalized spacial score (nSPS) is 18.3. The second-order valence-corrected chi connectivity index (χ2v) is 8.28. The first-order valence-electron chi connectivity index (χ1n) is 10.9. The van der Waals surface area contributed by atoms with Crippen LogP contribution in [-0.2, 0) is 9.59 Å². The molecule has 30 heavy (non-hydrogen) atoms. The van der Waals surface area contributed by atoms with Crippen molar-refractivity contribution in [2.45, 2.75) is 44.9 Å². The second-order valence-electron chi connectivity index (χ2n) is 7.91.